The van der Waals surface area contributed by atoms with Crippen molar-refractivity contribution < 1.29 is 14.3 Å². The number of allylic oxidation sites excluding steroid dienone is 1. The van der Waals surface area contributed by atoms with Crippen LogP contribution in [0.1, 0.15) is 18.6 Å². The van der Waals surface area contributed by atoms with Gasteiger partial charge in [-0.3, -0.25) is 4.90 Å². The fraction of sp³-hybridized carbons (Fsp3) is 0.571. The number of rotatable bonds is 10. The summed E-state index contributed by atoms with van der Waals surface area (Å²) < 4.78 is 10.4. The molecule has 0 aliphatic heterocycles. The summed E-state index contributed by atoms with van der Waals surface area (Å²) in [6.45, 7) is 6.41. The third-order valence-corrected chi connectivity index (χ3v) is 2.74. The topological polar surface area (TPSA) is 45.8 Å². The third-order valence-electron chi connectivity index (χ3n) is 2.74. The standard InChI is InChI=1S/C14H23NO3/c1-3-4-6-13(16)11-15(8-10-17-2)12-14-7-5-9-18-14/h3,5,7,9,13,16H,1,4,6,8,10-12H2,2H3. The van der Waals surface area contributed by atoms with Crippen LogP contribution in [0.15, 0.2) is 35.5 Å². The maximum Gasteiger partial charge on any atom is 0.117 e. The molecule has 102 valence electrons. The lowest BCUT2D eigenvalue weighted by Gasteiger charge is -2.23. The van der Waals surface area contributed by atoms with Gasteiger partial charge in [-0.25, -0.2) is 0 Å². The fourth-order valence-corrected chi connectivity index (χ4v) is 1.78. The molecule has 1 unspecified atom stereocenters. The van der Waals surface area contributed by atoms with Crippen LogP contribution in [0.5, 0.6) is 0 Å². The van der Waals surface area contributed by atoms with Crippen molar-refractivity contribution in [3.05, 3.63) is 36.8 Å². The molecule has 4 nitrogen and oxygen atoms in total. The number of nitrogens with zero attached hydrogens (tertiary/aromatic N) is 1. The van der Waals surface area contributed by atoms with Gasteiger partial charge in [0.15, 0.2) is 0 Å². The number of aliphatic hydroxyl groups is 1. The van der Waals surface area contributed by atoms with Crippen LogP contribution in [0.3, 0.4) is 0 Å². The monoisotopic (exact) mass is 253 g/mol. The van der Waals surface area contributed by atoms with Crippen molar-refractivity contribution in [2.75, 3.05) is 26.8 Å². The molecule has 4 heteroatoms. The molecule has 1 aromatic rings. The minimum atomic E-state index is -0.338. The molecule has 0 aliphatic carbocycles. The Hall–Kier alpha value is -1.10. The zero-order valence-corrected chi connectivity index (χ0v) is 11.0. The molecule has 0 spiro atoms. The van der Waals surface area contributed by atoms with Gasteiger partial charge in [-0.05, 0) is 25.0 Å². The van der Waals surface area contributed by atoms with Crippen molar-refractivity contribution in [1.29, 1.82) is 0 Å². The summed E-state index contributed by atoms with van der Waals surface area (Å²) in [5, 5.41) is 9.92. The van der Waals surface area contributed by atoms with Crippen molar-refractivity contribution >= 4 is 0 Å². The summed E-state index contributed by atoms with van der Waals surface area (Å²) >= 11 is 0. The molecule has 0 fully saturated rings. The molecule has 0 aromatic carbocycles. The summed E-state index contributed by atoms with van der Waals surface area (Å²) in [7, 11) is 1.68. The highest BCUT2D eigenvalue weighted by Gasteiger charge is 2.12. The van der Waals surface area contributed by atoms with Gasteiger partial charge in [-0.15, -0.1) is 6.58 Å². The van der Waals surface area contributed by atoms with Crippen LogP contribution in [-0.2, 0) is 11.3 Å². The van der Waals surface area contributed by atoms with E-state index in [1.807, 2.05) is 18.2 Å². The van der Waals surface area contributed by atoms with Crippen LogP contribution in [0.4, 0.5) is 0 Å². The Morgan fingerprint density at radius 3 is 3.06 bits per heavy atom. The predicted octanol–water partition coefficient (Wildman–Crippen LogP) is 2.06. The molecule has 0 saturated heterocycles. The normalized spacial score (nSPS) is 12.8. The van der Waals surface area contributed by atoms with Gasteiger partial charge in [0.1, 0.15) is 5.76 Å². The van der Waals surface area contributed by atoms with E-state index in [1.165, 1.54) is 0 Å². The van der Waals surface area contributed by atoms with E-state index in [9.17, 15) is 5.11 Å². The molecule has 1 atom stereocenters. The van der Waals surface area contributed by atoms with Crippen molar-refractivity contribution in [3.8, 4) is 0 Å². The number of hydrogen-bond acceptors (Lipinski definition) is 4. The average Bonchev–Trinajstić information content (AvgIpc) is 2.86. The van der Waals surface area contributed by atoms with Crippen LogP contribution in [-0.4, -0.2) is 42.9 Å². The molecular formula is C14H23NO3. The fourth-order valence-electron chi connectivity index (χ4n) is 1.78. The molecule has 1 rings (SSSR count). The molecule has 1 aromatic heterocycles. The van der Waals surface area contributed by atoms with E-state index in [0.717, 1.165) is 25.1 Å². The summed E-state index contributed by atoms with van der Waals surface area (Å²) in [5.41, 5.74) is 0. The number of aliphatic hydroxyl groups excluding tert-OH is 1. The maximum absolute atomic E-state index is 9.92. The van der Waals surface area contributed by atoms with Crippen molar-refractivity contribution in [1.82, 2.24) is 4.90 Å². The minimum absolute atomic E-state index is 0.338. The minimum Gasteiger partial charge on any atom is -0.468 e. The SMILES string of the molecule is C=CCCC(O)CN(CCOC)Cc1ccco1. The van der Waals surface area contributed by atoms with E-state index in [0.29, 0.717) is 19.7 Å². The van der Waals surface area contributed by atoms with E-state index < -0.39 is 0 Å². The van der Waals surface area contributed by atoms with Crippen LogP contribution in [0, 0.1) is 0 Å². The van der Waals surface area contributed by atoms with E-state index >= 15 is 0 Å². The first-order valence-corrected chi connectivity index (χ1v) is 6.29. The van der Waals surface area contributed by atoms with Gasteiger partial charge in [0, 0.05) is 20.2 Å². The maximum atomic E-state index is 9.92. The van der Waals surface area contributed by atoms with Gasteiger partial charge in [0.2, 0.25) is 0 Å². The van der Waals surface area contributed by atoms with E-state index in [2.05, 4.69) is 11.5 Å². The molecule has 1 heterocycles. The summed E-state index contributed by atoms with van der Waals surface area (Å²) in [5.74, 6) is 0.905. The van der Waals surface area contributed by atoms with Gasteiger partial charge in [0.25, 0.3) is 0 Å². The van der Waals surface area contributed by atoms with Gasteiger partial charge in [-0.2, -0.15) is 0 Å². The molecule has 0 amide bonds. The Morgan fingerprint density at radius 1 is 1.61 bits per heavy atom. The second kappa shape index (κ2) is 8.91. The van der Waals surface area contributed by atoms with Gasteiger partial charge >= 0.3 is 0 Å². The highest BCUT2D eigenvalue weighted by molar-refractivity contribution is 4.98. The van der Waals surface area contributed by atoms with Crippen LogP contribution >= 0.6 is 0 Å². The first kappa shape index (κ1) is 15.0. The summed E-state index contributed by atoms with van der Waals surface area (Å²) in [6.07, 6.45) is 4.73. The number of ether oxygens (including phenoxy) is 1. The first-order chi connectivity index (χ1) is 8.76. The summed E-state index contributed by atoms with van der Waals surface area (Å²) in [4.78, 5) is 2.14. The molecule has 18 heavy (non-hydrogen) atoms. The molecule has 0 aliphatic rings. The Bertz CT molecular complexity index is 311. The van der Waals surface area contributed by atoms with Gasteiger partial charge in [-0.1, -0.05) is 6.08 Å². The quantitative estimate of drug-likeness (QED) is 0.648. The van der Waals surface area contributed by atoms with Crippen molar-refractivity contribution in [3.63, 3.8) is 0 Å². The smallest absolute Gasteiger partial charge is 0.117 e. The van der Waals surface area contributed by atoms with E-state index in [1.54, 1.807) is 13.4 Å². The van der Waals surface area contributed by atoms with E-state index in [-0.39, 0.29) is 6.10 Å². The molecular weight excluding hydrogens is 230 g/mol. The van der Waals surface area contributed by atoms with Crippen LogP contribution in [0.25, 0.3) is 0 Å². The summed E-state index contributed by atoms with van der Waals surface area (Å²) in [6, 6.07) is 3.81. The zero-order chi connectivity index (χ0) is 13.2. The van der Waals surface area contributed by atoms with Crippen LogP contribution < -0.4 is 0 Å². The first-order valence-electron chi connectivity index (χ1n) is 6.29. The lowest BCUT2D eigenvalue weighted by atomic mass is 10.2. The predicted molar refractivity (Wildman–Crippen MR) is 71.3 cm³/mol. The lowest BCUT2D eigenvalue weighted by Crippen LogP contribution is -2.34. The molecule has 0 bridgehead atoms. The Morgan fingerprint density at radius 2 is 2.44 bits per heavy atom. The highest BCUT2D eigenvalue weighted by atomic mass is 16.5. The van der Waals surface area contributed by atoms with Crippen molar-refractivity contribution in [2.24, 2.45) is 0 Å². The molecule has 0 saturated carbocycles. The average molecular weight is 253 g/mol. The zero-order valence-electron chi connectivity index (χ0n) is 11.0. The molecule has 1 N–H and O–H groups in total. The highest BCUT2D eigenvalue weighted by Crippen LogP contribution is 2.08. The Labute approximate surface area is 109 Å². The number of hydrogen-bond donors (Lipinski definition) is 1. The second-order valence-corrected chi connectivity index (χ2v) is 4.33. The van der Waals surface area contributed by atoms with Gasteiger partial charge < -0.3 is 14.3 Å². The van der Waals surface area contributed by atoms with Crippen LogP contribution in [0.2, 0.25) is 0 Å². The number of methoxy groups -OCH3 is 1. The third kappa shape index (κ3) is 6.00. The second-order valence-electron chi connectivity index (χ2n) is 4.33. The lowest BCUT2D eigenvalue weighted by molar-refractivity contribution is 0.0773. The van der Waals surface area contributed by atoms with E-state index in [4.69, 9.17) is 9.15 Å². The number of furan rings is 1. The largest absolute Gasteiger partial charge is 0.468 e. The Kier molecular flexibility index (Phi) is 7.41. The molecule has 0 radical (unpaired) electrons. The van der Waals surface area contributed by atoms with Crippen molar-refractivity contribution in [2.45, 2.75) is 25.5 Å². The van der Waals surface area contributed by atoms with Gasteiger partial charge in [0.05, 0.1) is 25.5 Å². The Balaban J connectivity index is 2.41.